The molecule has 14 heteroatoms. The second-order valence-electron chi connectivity index (χ2n) is 11.0. The van der Waals surface area contributed by atoms with Gasteiger partial charge in [0.15, 0.2) is 0 Å². The average Bonchev–Trinajstić information content (AvgIpc) is 3.38. The predicted octanol–water partition coefficient (Wildman–Crippen LogP) is 4.48. The third-order valence-electron chi connectivity index (χ3n) is 7.76. The van der Waals surface area contributed by atoms with Crippen LogP contribution in [-0.2, 0) is 12.7 Å². The van der Waals surface area contributed by atoms with Crippen LogP contribution in [-0.4, -0.2) is 82.0 Å². The van der Waals surface area contributed by atoms with Crippen LogP contribution in [0.15, 0.2) is 36.7 Å². The third-order valence-corrected chi connectivity index (χ3v) is 7.76. The number of piperidine rings is 1. The number of likely N-dealkylation sites (tertiary alicyclic amines) is 1. The first-order chi connectivity index (χ1) is 20.4. The molecule has 1 aromatic carbocycles. The second kappa shape index (κ2) is 12.1. The lowest BCUT2D eigenvalue weighted by atomic mass is 10.0. The molecule has 2 aliphatic heterocycles. The van der Waals surface area contributed by atoms with Crippen molar-refractivity contribution in [2.45, 2.75) is 51.5 Å². The summed E-state index contributed by atoms with van der Waals surface area (Å²) in [5.41, 5.74) is 0.0940. The SMILES string of the molecule is COc1cc(C(=O)NC2CCCN(C(C)C)C2)ccc1Nc1ncc(C(F)(F)F)c(Nc2ccn3c2C(=O)N(C)CC3)n1. The number of nitrogens with one attached hydrogen (secondary N) is 3. The Hall–Kier alpha value is -4.33. The van der Waals surface area contributed by atoms with Gasteiger partial charge in [0.2, 0.25) is 5.95 Å². The molecule has 0 saturated carbocycles. The Kier molecular flexibility index (Phi) is 8.49. The number of benzene rings is 1. The van der Waals surface area contributed by atoms with Gasteiger partial charge in [0.05, 0.1) is 18.5 Å². The van der Waals surface area contributed by atoms with Crippen LogP contribution in [0.2, 0.25) is 0 Å². The number of hydrogen-bond acceptors (Lipinski definition) is 8. The lowest BCUT2D eigenvalue weighted by Crippen LogP contribution is -2.49. The summed E-state index contributed by atoms with van der Waals surface area (Å²) in [5, 5.41) is 8.68. The van der Waals surface area contributed by atoms with Crippen LogP contribution >= 0.6 is 0 Å². The molecule has 0 spiro atoms. The van der Waals surface area contributed by atoms with Gasteiger partial charge in [-0.2, -0.15) is 18.2 Å². The maximum atomic E-state index is 13.9. The molecule has 3 aromatic rings. The number of carbonyl (C=O) groups is 2. The van der Waals surface area contributed by atoms with Gasteiger partial charge in [-0.25, -0.2) is 4.98 Å². The largest absolute Gasteiger partial charge is 0.495 e. The minimum atomic E-state index is -4.75. The van der Waals surface area contributed by atoms with Crippen molar-refractivity contribution in [3.05, 3.63) is 53.5 Å². The molecular formula is C29H35F3N8O3. The van der Waals surface area contributed by atoms with Crippen molar-refractivity contribution in [1.29, 1.82) is 0 Å². The van der Waals surface area contributed by atoms with Gasteiger partial charge >= 0.3 is 6.18 Å². The van der Waals surface area contributed by atoms with Crippen molar-refractivity contribution in [3.63, 3.8) is 0 Å². The Morgan fingerprint density at radius 2 is 1.91 bits per heavy atom. The molecule has 11 nitrogen and oxygen atoms in total. The van der Waals surface area contributed by atoms with Crippen LogP contribution in [0.3, 0.4) is 0 Å². The number of ether oxygens (including phenoxy) is 1. The Labute approximate surface area is 247 Å². The van der Waals surface area contributed by atoms with E-state index in [2.05, 4.69) is 44.7 Å². The Balaban J connectivity index is 1.36. The number of fused-ring (bicyclic) bond motifs is 1. The molecular weight excluding hydrogens is 565 g/mol. The summed E-state index contributed by atoms with van der Waals surface area (Å²) >= 11 is 0. The standard InChI is InChI=1S/C29H35F3N8O3/c1-17(2)40-10-5-6-19(16-40)34-26(41)18-7-8-21(23(14-18)43-4)36-28-33-15-20(29(30,31)32)25(37-28)35-22-9-11-39-13-12-38(3)27(42)24(22)39/h7-9,11,14-15,17,19H,5-6,10,12-13,16H2,1-4H3,(H,34,41)(H2,33,35,36,37). The topological polar surface area (TPSA) is 117 Å². The third kappa shape index (κ3) is 6.53. The zero-order valence-electron chi connectivity index (χ0n) is 24.5. The monoisotopic (exact) mass is 600 g/mol. The Bertz CT molecular complexity index is 1510. The predicted molar refractivity (Wildman–Crippen MR) is 155 cm³/mol. The minimum Gasteiger partial charge on any atom is -0.495 e. The molecule has 0 radical (unpaired) electrons. The lowest BCUT2D eigenvalue weighted by molar-refractivity contribution is -0.137. The molecule has 1 fully saturated rings. The summed E-state index contributed by atoms with van der Waals surface area (Å²) in [5.74, 6) is -0.923. The molecule has 4 heterocycles. The number of anilines is 4. The number of likely N-dealkylation sites (N-methyl/N-ethyl adjacent to an activating group) is 1. The van der Waals surface area contributed by atoms with Gasteiger partial charge in [-0.05, 0) is 57.5 Å². The van der Waals surface area contributed by atoms with Crippen LogP contribution < -0.4 is 20.7 Å². The first-order valence-electron chi connectivity index (χ1n) is 14.1. The highest BCUT2D eigenvalue weighted by Crippen LogP contribution is 2.37. The fourth-order valence-electron chi connectivity index (χ4n) is 5.33. The van der Waals surface area contributed by atoms with Crippen molar-refractivity contribution in [2.24, 2.45) is 0 Å². The van der Waals surface area contributed by atoms with E-state index in [1.165, 1.54) is 12.0 Å². The van der Waals surface area contributed by atoms with E-state index in [4.69, 9.17) is 4.74 Å². The summed E-state index contributed by atoms with van der Waals surface area (Å²) < 4.78 is 48.9. The van der Waals surface area contributed by atoms with Gasteiger partial charge in [0, 0.05) is 56.7 Å². The van der Waals surface area contributed by atoms with E-state index in [9.17, 15) is 22.8 Å². The van der Waals surface area contributed by atoms with Crippen molar-refractivity contribution >= 4 is 35.0 Å². The number of rotatable bonds is 8. The molecule has 2 amide bonds. The molecule has 1 unspecified atom stereocenters. The van der Waals surface area contributed by atoms with E-state index in [1.807, 2.05) is 0 Å². The van der Waals surface area contributed by atoms with E-state index in [0.717, 1.165) is 25.9 Å². The van der Waals surface area contributed by atoms with Crippen molar-refractivity contribution in [1.82, 2.24) is 29.7 Å². The molecule has 230 valence electrons. The van der Waals surface area contributed by atoms with Crippen LogP contribution in [0.1, 0.15) is 53.1 Å². The van der Waals surface area contributed by atoms with E-state index >= 15 is 0 Å². The van der Waals surface area contributed by atoms with E-state index in [0.29, 0.717) is 36.6 Å². The molecule has 5 rings (SSSR count). The van der Waals surface area contributed by atoms with Gasteiger partial charge in [0.1, 0.15) is 22.8 Å². The lowest BCUT2D eigenvalue weighted by Gasteiger charge is -2.35. The van der Waals surface area contributed by atoms with Crippen molar-refractivity contribution in [3.8, 4) is 5.75 Å². The second-order valence-corrected chi connectivity index (χ2v) is 11.0. The number of aromatic nitrogens is 3. The van der Waals surface area contributed by atoms with E-state index < -0.39 is 17.6 Å². The zero-order chi connectivity index (χ0) is 30.9. The summed E-state index contributed by atoms with van der Waals surface area (Å²) in [6.07, 6.45) is -0.538. The van der Waals surface area contributed by atoms with Gasteiger partial charge in [0.25, 0.3) is 11.8 Å². The first kappa shape index (κ1) is 30.1. The summed E-state index contributed by atoms with van der Waals surface area (Å²) in [6, 6.07) is 6.71. The van der Waals surface area contributed by atoms with Gasteiger partial charge in [-0.3, -0.25) is 14.5 Å². The van der Waals surface area contributed by atoms with Gasteiger partial charge < -0.3 is 30.2 Å². The van der Waals surface area contributed by atoms with Crippen molar-refractivity contribution in [2.75, 3.05) is 44.4 Å². The fourth-order valence-corrected chi connectivity index (χ4v) is 5.33. The maximum absolute atomic E-state index is 13.9. The normalized spacial score (nSPS) is 17.5. The number of amides is 2. The summed E-state index contributed by atoms with van der Waals surface area (Å²) in [7, 11) is 3.06. The van der Waals surface area contributed by atoms with Crippen LogP contribution in [0, 0.1) is 0 Å². The highest BCUT2D eigenvalue weighted by atomic mass is 19.4. The first-order valence-corrected chi connectivity index (χ1v) is 14.1. The number of hydrogen-bond donors (Lipinski definition) is 3. The average molecular weight is 601 g/mol. The highest BCUT2D eigenvalue weighted by molar-refractivity contribution is 5.99. The number of alkyl halides is 3. The Morgan fingerprint density at radius 3 is 2.63 bits per heavy atom. The maximum Gasteiger partial charge on any atom is 0.421 e. The van der Waals surface area contributed by atoms with E-state index in [1.54, 1.807) is 42.1 Å². The minimum absolute atomic E-state index is 0.0287. The molecule has 0 aliphatic carbocycles. The Morgan fingerprint density at radius 1 is 1.12 bits per heavy atom. The summed E-state index contributed by atoms with van der Waals surface area (Å²) in [6.45, 7) is 7.06. The quantitative estimate of drug-likeness (QED) is 0.347. The van der Waals surface area contributed by atoms with Gasteiger partial charge in [-0.1, -0.05) is 0 Å². The zero-order valence-corrected chi connectivity index (χ0v) is 24.5. The molecule has 2 aliphatic rings. The highest BCUT2D eigenvalue weighted by Gasteiger charge is 2.36. The number of methoxy groups -OCH3 is 1. The molecule has 1 saturated heterocycles. The molecule has 2 aromatic heterocycles. The molecule has 1 atom stereocenters. The summed E-state index contributed by atoms with van der Waals surface area (Å²) in [4.78, 5) is 37.6. The number of nitrogens with zero attached hydrogens (tertiary/aromatic N) is 5. The molecule has 43 heavy (non-hydrogen) atoms. The smallest absolute Gasteiger partial charge is 0.421 e. The van der Waals surface area contributed by atoms with Crippen molar-refractivity contribution < 1.29 is 27.5 Å². The number of halogens is 3. The van der Waals surface area contributed by atoms with Crippen LogP contribution in [0.25, 0.3) is 0 Å². The fraction of sp³-hybridized carbons (Fsp3) is 0.448. The van der Waals surface area contributed by atoms with Crippen LogP contribution in [0.5, 0.6) is 5.75 Å². The number of carbonyl (C=O) groups excluding carboxylic acids is 2. The van der Waals surface area contributed by atoms with Gasteiger partial charge in [-0.15, -0.1) is 0 Å². The van der Waals surface area contributed by atoms with Crippen LogP contribution in [0.4, 0.5) is 36.3 Å². The molecule has 3 N–H and O–H groups in total. The molecule has 0 bridgehead atoms. The van der Waals surface area contributed by atoms with E-state index in [-0.39, 0.29) is 40.9 Å².